The maximum Gasteiger partial charge on any atom is 0.201 e. The van der Waals surface area contributed by atoms with Gasteiger partial charge in [0.05, 0.1) is 18.1 Å². The number of hydrogen-bond acceptors (Lipinski definition) is 3. The molecule has 0 saturated carbocycles. The summed E-state index contributed by atoms with van der Waals surface area (Å²) in [6.07, 6.45) is 2.32. The highest BCUT2D eigenvalue weighted by molar-refractivity contribution is 5.79. The summed E-state index contributed by atoms with van der Waals surface area (Å²) in [6, 6.07) is 5.90. The van der Waals surface area contributed by atoms with Crippen LogP contribution in [0.3, 0.4) is 0 Å². The Morgan fingerprint density at radius 1 is 1.33 bits per heavy atom. The number of rotatable bonds is 5. The minimum absolute atomic E-state index is 0.588. The van der Waals surface area contributed by atoms with Gasteiger partial charge in [-0.15, -0.1) is 0 Å². The maximum absolute atomic E-state index is 6.01. The quantitative estimate of drug-likeness (QED) is 0.883. The summed E-state index contributed by atoms with van der Waals surface area (Å²) in [5.41, 5.74) is 8.00. The van der Waals surface area contributed by atoms with Crippen molar-refractivity contribution >= 4 is 17.0 Å². The third-order valence-corrected chi connectivity index (χ3v) is 3.58. The Hall–Kier alpha value is -1.71. The van der Waals surface area contributed by atoms with Gasteiger partial charge in [-0.25, -0.2) is 4.98 Å². The second-order valence-electron chi connectivity index (χ2n) is 4.62. The van der Waals surface area contributed by atoms with Crippen LogP contribution in [0.4, 0.5) is 5.95 Å². The average Bonchev–Trinajstić information content (AvgIpc) is 2.70. The van der Waals surface area contributed by atoms with E-state index >= 15 is 0 Å². The molecule has 1 heterocycles. The molecule has 2 aromatic rings. The van der Waals surface area contributed by atoms with Crippen LogP contribution in [0.5, 0.6) is 5.75 Å². The lowest BCUT2D eigenvalue weighted by molar-refractivity contribution is 0.415. The number of nitrogens with two attached hydrogens (primary N) is 1. The molecule has 0 radical (unpaired) electrons. The number of ether oxygens (including phenoxy) is 1. The predicted molar refractivity (Wildman–Crippen MR) is 74.8 cm³/mol. The summed E-state index contributed by atoms with van der Waals surface area (Å²) in [7, 11) is 1.66. The number of nitrogen functional groups attached to an aromatic ring is 1. The van der Waals surface area contributed by atoms with Crippen LogP contribution in [0.15, 0.2) is 18.2 Å². The number of benzene rings is 1. The van der Waals surface area contributed by atoms with Crippen LogP contribution in [-0.4, -0.2) is 16.7 Å². The molecule has 0 saturated heterocycles. The van der Waals surface area contributed by atoms with Crippen LogP contribution in [-0.2, 0) is 6.54 Å². The van der Waals surface area contributed by atoms with E-state index in [0.29, 0.717) is 11.9 Å². The molecule has 2 N–H and O–H groups in total. The first-order valence-electron chi connectivity index (χ1n) is 6.49. The van der Waals surface area contributed by atoms with Crippen molar-refractivity contribution in [2.45, 2.75) is 33.2 Å². The molecule has 2 rings (SSSR count). The molecule has 0 fully saturated rings. The first-order valence-corrected chi connectivity index (χ1v) is 6.49. The van der Waals surface area contributed by atoms with Crippen molar-refractivity contribution in [2.24, 2.45) is 5.92 Å². The number of nitrogens with zero attached hydrogens (tertiary/aromatic N) is 2. The van der Waals surface area contributed by atoms with Gasteiger partial charge in [0.15, 0.2) is 0 Å². The minimum Gasteiger partial charge on any atom is -0.497 e. The lowest BCUT2D eigenvalue weighted by Crippen LogP contribution is -2.11. The van der Waals surface area contributed by atoms with E-state index in [1.807, 2.05) is 18.2 Å². The van der Waals surface area contributed by atoms with Crippen LogP contribution in [0.25, 0.3) is 11.0 Å². The van der Waals surface area contributed by atoms with E-state index in [0.717, 1.165) is 36.2 Å². The summed E-state index contributed by atoms with van der Waals surface area (Å²) < 4.78 is 7.31. The number of aromatic nitrogens is 2. The molecule has 0 amide bonds. The molecule has 1 aromatic carbocycles. The van der Waals surface area contributed by atoms with Crippen molar-refractivity contribution in [3.8, 4) is 5.75 Å². The Kier molecular flexibility index (Phi) is 3.75. The summed E-state index contributed by atoms with van der Waals surface area (Å²) in [6.45, 7) is 5.36. The Labute approximate surface area is 108 Å². The molecule has 0 unspecified atom stereocenters. The van der Waals surface area contributed by atoms with E-state index < -0.39 is 0 Å². The second kappa shape index (κ2) is 5.29. The molecule has 0 aliphatic rings. The van der Waals surface area contributed by atoms with Gasteiger partial charge >= 0.3 is 0 Å². The van der Waals surface area contributed by atoms with Crippen LogP contribution in [0.1, 0.15) is 26.7 Å². The first kappa shape index (κ1) is 12.7. The van der Waals surface area contributed by atoms with Crippen molar-refractivity contribution in [1.29, 1.82) is 0 Å². The van der Waals surface area contributed by atoms with Gasteiger partial charge in [0.25, 0.3) is 0 Å². The average molecular weight is 247 g/mol. The van der Waals surface area contributed by atoms with Crippen molar-refractivity contribution in [3.05, 3.63) is 18.2 Å². The fourth-order valence-electron chi connectivity index (χ4n) is 2.25. The molecule has 1 aromatic heterocycles. The zero-order valence-electron chi connectivity index (χ0n) is 11.3. The van der Waals surface area contributed by atoms with Gasteiger partial charge in [0, 0.05) is 12.6 Å². The summed E-state index contributed by atoms with van der Waals surface area (Å²) in [5.74, 6) is 2.05. The minimum atomic E-state index is 0.588. The first-order chi connectivity index (χ1) is 8.69. The van der Waals surface area contributed by atoms with Crippen molar-refractivity contribution in [2.75, 3.05) is 12.8 Å². The third-order valence-electron chi connectivity index (χ3n) is 3.58. The molecule has 4 nitrogen and oxygen atoms in total. The van der Waals surface area contributed by atoms with Crippen molar-refractivity contribution in [3.63, 3.8) is 0 Å². The van der Waals surface area contributed by atoms with E-state index in [1.54, 1.807) is 7.11 Å². The highest BCUT2D eigenvalue weighted by Gasteiger charge is 2.12. The van der Waals surface area contributed by atoms with Gasteiger partial charge < -0.3 is 15.0 Å². The number of fused-ring (bicyclic) bond motifs is 1. The predicted octanol–water partition coefficient (Wildman–Crippen LogP) is 3.06. The highest BCUT2D eigenvalue weighted by Crippen LogP contribution is 2.24. The van der Waals surface area contributed by atoms with Crippen LogP contribution < -0.4 is 10.5 Å². The van der Waals surface area contributed by atoms with E-state index in [1.165, 1.54) is 0 Å². The fourth-order valence-corrected chi connectivity index (χ4v) is 2.25. The van der Waals surface area contributed by atoms with Crippen LogP contribution in [0.2, 0.25) is 0 Å². The number of hydrogen-bond donors (Lipinski definition) is 1. The van der Waals surface area contributed by atoms with E-state index in [4.69, 9.17) is 10.5 Å². The van der Waals surface area contributed by atoms with E-state index in [9.17, 15) is 0 Å². The molecule has 0 atom stereocenters. The van der Waals surface area contributed by atoms with E-state index in [2.05, 4.69) is 23.4 Å². The number of imidazole rings is 1. The Morgan fingerprint density at radius 3 is 2.67 bits per heavy atom. The smallest absolute Gasteiger partial charge is 0.201 e. The SMILES string of the molecule is CCC(CC)Cn1c(N)nc2cc(OC)ccc21. The molecule has 0 bridgehead atoms. The van der Waals surface area contributed by atoms with Gasteiger partial charge in [-0.3, -0.25) is 0 Å². The standard InChI is InChI=1S/C14H21N3O/c1-4-10(5-2)9-17-13-7-6-11(18-3)8-12(13)16-14(17)15/h6-8,10H,4-5,9H2,1-3H3,(H2,15,16). The molecule has 0 spiro atoms. The lowest BCUT2D eigenvalue weighted by atomic mass is 10.0. The van der Waals surface area contributed by atoms with Crippen LogP contribution >= 0.6 is 0 Å². The van der Waals surface area contributed by atoms with Gasteiger partial charge in [0.1, 0.15) is 5.75 Å². The maximum atomic E-state index is 6.01. The number of anilines is 1. The summed E-state index contributed by atoms with van der Waals surface area (Å²) in [5, 5.41) is 0. The third kappa shape index (κ3) is 2.28. The molecule has 0 aliphatic carbocycles. The molecule has 0 aliphatic heterocycles. The highest BCUT2D eigenvalue weighted by atomic mass is 16.5. The van der Waals surface area contributed by atoms with Gasteiger partial charge in [0.2, 0.25) is 5.95 Å². The summed E-state index contributed by atoms with van der Waals surface area (Å²) >= 11 is 0. The van der Waals surface area contributed by atoms with Crippen LogP contribution in [0, 0.1) is 5.92 Å². The molecular formula is C14H21N3O. The second-order valence-corrected chi connectivity index (χ2v) is 4.62. The molecule has 98 valence electrons. The molecular weight excluding hydrogens is 226 g/mol. The lowest BCUT2D eigenvalue weighted by Gasteiger charge is -2.14. The largest absolute Gasteiger partial charge is 0.497 e. The van der Waals surface area contributed by atoms with Gasteiger partial charge in [-0.2, -0.15) is 0 Å². The zero-order valence-corrected chi connectivity index (χ0v) is 11.3. The number of methoxy groups -OCH3 is 1. The van der Waals surface area contributed by atoms with Crippen molar-refractivity contribution in [1.82, 2.24) is 9.55 Å². The summed E-state index contributed by atoms with van der Waals surface area (Å²) in [4.78, 5) is 4.40. The Balaban J connectivity index is 2.41. The Bertz CT molecular complexity index is 529. The van der Waals surface area contributed by atoms with Gasteiger partial charge in [-0.05, 0) is 18.1 Å². The monoisotopic (exact) mass is 247 g/mol. The normalized spacial score (nSPS) is 11.3. The zero-order chi connectivity index (χ0) is 13.1. The van der Waals surface area contributed by atoms with Crippen molar-refractivity contribution < 1.29 is 4.74 Å². The molecule has 18 heavy (non-hydrogen) atoms. The Morgan fingerprint density at radius 2 is 2.06 bits per heavy atom. The molecule has 4 heteroatoms. The van der Waals surface area contributed by atoms with E-state index in [-0.39, 0.29) is 0 Å². The van der Waals surface area contributed by atoms with Gasteiger partial charge in [-0.1, -0.05) is 26.7 Å². The topological polar surface area (TPSA) is 53.1 Å². The fraction of sp³-hybridized carbons (Fsp3) is 0.500.